The Bertz CT molecular complexity index is 322. The Labute approximate surface area is 90.9 Å². The van der Waals surface area contributed by atoms with Gasteiger partial charge in [-0.2, -0.15) is 0 Å². The van der Waals surface area contributed by atoms with Gasteiger partial charge in [0.2, 0.25) is 0 Å². The standard InChI is InChI=1S/C13H18O2/c1-10-3-2-4-11(7-10)9-15-13-6-5-12(14)8-13/h2-4,7,12-14H,5-6,8-9H2,1H3. The quantitative estimate of drug-likeness (QED) is 0.823. The SMILES string of the molecule is Cc1cccc(COC2CCC(O)C2)c1. The van der Waals surface area contributed by atoms with Crippen molar-refractivity contribution in [2.24, 2.45) is 0 Å². The topological polar surface area (TPSA) is 29.5 Å². The molecular formula is C13H18O2. The van der Waals surface area contributed by atoms with E-state index in [1.807, 2.05) is 0 Å². The molecule has 1 N–H and O–H groups in total. The lowest BCUT2D eigenvalue weighted by molar-refractivity contribution is 0.0357. The molecule has 1 aliphatic rings. The maximum absolute atomic E-state index is 9.36. The van der Waals surface area contributed by atoms with Crippen molar-refractivity contribution < 1.29 is 9.84 Å². The van der Waals surface area contributed by atoms with E-state index in [9.17, 15) is 5.11 Å². The summed E-state index contributed by atoms with van der Waals surface area (Å²) >= 11 is 0. The molecule has 15 heavy (non-hydrogen) atoms. The Morgan fingerprint density at radius 1 is 1.40 bits per heavy atom. The number of hydrogen-bond donors (Lipinski definition) is 1. The van der Waals surface area contributed by atoms with Gasteiger partial charge >= 0.3 is 0 Å². The summed E-state index contributed by atoms with van der Waals surface area (Å²) in [5, 5.41) is 9.36. The first-order valence-electron chi connectivity index (χ1n) is 5.59. The Hall–Kier alpha value is -0.860. The number of benzene rings is 1. The molecule has 0 amide bonds. The fourth-order valence-electron chi connectivity index (χ4n) is 2.08. The van der Waals surface area contributed by atoms with Crippen molar-refractivity contribution in [3.63, 3.8) is 0 Å². The molecule has 82 valence electrons. The number of aliphatic hydroxyl groups is 1. The maximum atomic E-state index is 9.36. The number of aliphatic hydroxyl groups excluding tert-OH is 1. The lowest BCUT2D eigenvalue weighted by atomic mass is 10.1. The van der Waals surface area contributed by atoms with Crippen LogP contribution >= 0.6 is 0 Å². The Kier molecular flexibility index (Phi) is 3.39. The van der Waals surface area contributed by atoms with E-state index >= 15 is 0 Å². The van der Waals surface area contributed by atoms with Crippen molar-refractivity contribution in [3.8, 4) is 0 Å². The first-order valence-corrected chi connectivity index (χ1v) is 5.59. The van der Waals surface area contributed by atoms with Gasteiger partial charge in [-0.1, -0.05) is 29.8 Å². The van der Waals surface area contributed by atoms with Gasteiger partial charge in [0.05, 0.1) is 18.8 Å². The third-order valence-electron chi connectivity index (χ3n) is 2.93. The highest BCUT2D eigenvalue weighted by molar-refractivity contribution is 5.21. The fraction of sp³-hybridized carbons (Fsp3) is 0.538. The van der Waals surface area contributed by atoms with E-state index < -0.39 is 0 Å². The molecule has 2 heteroatoms. The lowest BCUT2D eigenvalue weighted by Gasteiger charge is -2.11. The molecule has 0 spiro atoms. The minimum atomic E-state index is -0.146. The second kappa shape index (κ2) is 4.77. The molecule has 2 nitrogen and oxygen atoms in total. The highest BCUT2D eigenvalue weighted by Crippen LogP contribution is 2.22. The van der Waals surface area contributed by atoms with Crippen LogP contribution in [0.2, 0.25) is 0 Å². The van der Waals surface area contributed by atoms with E-state index in [0.29, 0.717) is 6.61 Å². The summed E-state index contributed by atoms with van der Waals surface area (Å²) in [4.78, 5) is 0. The molecule has 1 aromatic rings. The zero-order chi connectivity index (χ0) is 10.7. The Morgan fingerprint density at radius 2 is 2.27 bits per heavy atom. The van der Waals surface area contributed by atoms with Crippen LogP contribution in [-0.4, -0.2) is 17.3 Å². The van der Waals surface area contributed by atoms with Crippen LogP contribution < -0.4 is 0 Å². The van der Waals surface area contributed by atoms with Crippen molar-refractivity contribution in [1.82, 2.24) is 0 Å². The summed E-state index contributed by atoms with van der Waals surface area (Å²) in [6.07, 6.45) is 2.78. The largest absolute Gasteiger partial charge is 0.393 e. The minimum Gasteiger partial charge on any atom is -0.393 e. The molecule has 2 atom stereocenters. The van der Waals surface area contributed by atoms with Crippen LogP contribution in [-0.2, 0) is 11.3 Å². The second-order valence-corrected chi connectivity index (χ2v) is 4.39. The molecular weight excluding hydrogens is 188 g/mol. The maximum Gasteiger partial charge on any atom is 0.0720 e. The van der Waals surface area contributed by atoms with Gasteiger partial charge in [-0.3, -0.25) is 0 Å². The fourth-order valence-corrected chi connectivity index (χ4v) is 2.08. The van der Waals surface area contributed by atoms with Gasteiger partial charge in [0.25, 0.3) is 0 Å². The predicted molar refractivity (Wildman–Crippen MR) is 59.6 cm³/mol. The van der Waals surface area contributed by atoms with Crippen molar-refractivity contribution in [3.05, 3.63) is 35.4 Å². The Morgan fingerprint density at radius 3 is 2.93 bits per heavy atom. The van der Waals surface area contributed by atoms with Gasteiger partial charge in [-0.15, -0.1) is 0 Å². The van der Waals surface area contributed by atoms with E-state index in [-0.39, 0.29) is 12.2 Å². The van der Waals surface area contributed by atoms with E-state index in [4.69, 9.17) is 4.74 Å². The van der Waals surface area contributed by atoms with Crippen molar-refractivity contribution in [2.75, 3.05) is 0 Å². The molecule has 1 saturated carbocycles. The highest BCUT2D eigenvalue weighted by atomic mass is 16.5. The summed E-state index contributed by atoms with van der Waals surface area (Å²) in [6.45, 7) is 2.75. The second-order valence-electron chi connectivity index (χ2n) is 4.39. The van der Waals surface area contributed by atoms with Crippen LogP contribution in [0.5, 0.6) is 0 Å². The van der Waals surface area contributed by atoms with Gasteiger partial charge in [0.1, 0.15) is 0 Å². The van der Waals surface area contributed by atoms with E-state index in [0.717, 1.165) is 19.3 Å². The minimum absolute atomic E-state index is 0.146. The average Bonchev–Trinajstić information content (AvgIpc) is 2.62. The number of rotatable bonds is 3. The van der Waals surface area contributed by atoms with Crippen molar-refractivity contribution in [2.45, 2.75) is 45.0 Å². The van der Waals surface area contributed by atoms with Crippen LogP contribution in [0.4, 0.5) is 0 Å². The summed E-state index contributed by atoms with van der Waals surface area (Å²) in [6, 6.07) is 8.37. The zero-order valence-electron chi connectivity index (χ0n) is 9.15. The Balaban J connectivity index is 1.83. The summed E-state index contributed by atoms with van der Waals surface area (Å²) < 4.78 is 5.75. The van der Waals surface area contributed by atoms with E-state index in [2.05, 4.69) is 31.2 Å². The van der Waals surface area contributed by atoms with E-state index in [1.165, 1.54) is 11.1 Å². The average molecular weight is 206 g/mol. The van der Waals surface area contributed by atoms with Gasteiger partial charge in [-0.05, 0) is 31.7 Å². The molecule has 0 aliphatic heterocycles. The molecule has 0 heterocycles. The third kappa shape index (κ3) is 3.05. The molecule has 0 saturated heterocycles. The van der Waals surface area contributed by atoms with Crippen LogP contribution in [0.15, 0.2) is 24.3 Å². The highest BCUT2D eigenvalue weighted by Gasteiger charge is 2.22. The summed E-state index contributed by atoms with van der Waals surface area (Å²) in [5.41, 5.74) is 2.49. The van der Waals surface area contributed by atoms with Crippen molar-refractivity contribution in [1.29, 1.82) is 0 Å². The zero-order valence-corrected chi connectivity index (χ0v) is 9.15. The first kappa shape index (κ1) is 10.7. The van der Waals surface area contributed by atoms with Crippen LogP contribution in [0.3, 0.4) is 0 Å². The normalized spacial score (nSPS) is 25.7. The van der Waals surface area contributed by atoms with Gasteiger partial charge in [-0.25, -0.2) is 0 Å². The van der Waals surface area contributed by atoms with E-state index in [1.54, 1.807) is 0 Å². The number of aryl methyl sites for hydroxylation is 1. The van der Waals surface area contributed by atoms with Gasteiger partial charge in [0, 0.05) is 0 Å². The van der Waals surface area contributed by atoms with Crippen LogP contribution in [0.1, 0.15) is 30.4 Å². The molecule has 2 unspecified atom stereocenters. The molecule has 1 aliphatic carbocycles. The number of ether oxygens (including phenoxy) is 1. The van der Waals surface area contributed by atoms with Crippen LogP contribution in [0, 0.1) is 6.92 Å². The molecule has 1 fully saturated rings. The van der Waals surface area contributed by atoms with Crippen LogP contribution in [0.25, 0.3) is 0 Å². The first-order chi connectivity index (χ1) is 7.24. The predicted octanol–water partition coefficient (Wildman–Crippen LogP) is 2.43. The number of hydrogen-bond acceptors (Lipinski definition) is 2. The van der Waals surface area contributed by atoms with Gasteiger partial charge in [0.15, 0.2) is 0 Å². The molecule has 0 bridgehead atoms. The molecule has 0 aromatic heterocycles. The smallest absolute Gasteiger partial charge is 0.0720 e. The molecule has 2 rings (SSSR count). The monoisotopic (exact) mass is 206 g/mol. The third-order valence-corrected chi connectivity index (χ3v) is 2.93. The van der Waals surface area contributed by atoms with Gasteiger partial charge < -0.3 is 9.84 Å². The molecule has 1 aromatic carbocycles. The summed E-state index contributed by atoms with van der Waals surface area (Å²) in [5.74, 6) is 0. The lowest BCUT2D eigenvalue weighted by Crippen LogP contribution is -2.10. The molecule has 0 radical (unpaired) electrons. The summed E-state index contributed by atoms with van der Waals surface area (Å²) in [7, 11) is 0. The van der Waals surface area contributed by atoms with Crippen molar-refractivity contribution >= 4 is 0 Å².